The topological polar surface area (TPSA) is 139 Å². The van der Waals surface area contributed by atoms with E-state index in [4.69, 9.17) is 15.8 Å². The normalized spacial score (nSPS) is 14.2. The molecule has 0 unspecified atom stereocenters. The minimum Gasteiger partial charge on any atom is -0.465 e. The number of piperidine rings is 1. The van der Waals surface area contributed by atoms with Crippen LogP contribution in [0.2, 0.25) is 0 Å². The minimum absolute atomic E-state index is 0.168. The summed E-state index contributed by atoms with van der Waals surface area (Å²) in [6.07, 6.45) is 7.71. The first-order chi connectivity index (χ1) is 16.4. The second-order valence-electron chi connectivity index (χ2n) is 8.57. The summed E-state index contributed by atoms with van der Waals surface area (Å²) in [6, 6.07) is 7.99. The molecule has 1 aliphatic rings. The largest absolute Gasteiger partial charge is 0.465 e. The highest BCUT2D eigenvalue weighted by Gasteiger charge is 2.24. The van der Waals surface area contributed by atoms with Crippen LogP contribution in [-0.2, 0) is 24.1 Å². The van der Waals surface area contributed by atoms with E-state index < -0.39 is 6.09 Å². The van der Waals surface area contributed by atoms with E-state index in [1.807, 2.05) is 42.1 Å². The minimum atomic E-state index is -0.870. The van der Waals surface area contributed by atoms with E-state index in [1.165, 1.54) is 4.90 Å². The number of benzene rings is 1. The van der Waals surface area contributed by atoms with Crippen molar-refractivity contribution in [3.8, 4) is 0 Å². The molecule has 34 heavy (non-hydrogen) atoms. The average Bonchev–Trinajstić information content (AvgIpc) is 3.28. The third-order valence-corrected chi connectivity index (χ3v) is 6.16. The number of aromatic nitrogens is 4. The van der Waals surface area contributed by atoms with Gasteiger partial charge in [0.1, 0.15) is 0 Å². The summed E-state index contributed by atoms with van der Waals surface area (Å²) in [5.41, 5.74) is 10.1. The lowest BCUT2D eigenvalue weighted by Gasteiger charge is -2.29. The summed E-state index contributed by atoms with van der Waals surface area (Å²) in [5, 5.41) is 16.8. The fourth-order valence-electron chi connectivity index (χ4n) is 4.26. The number of likely N-dealkylation sites (tertiary alicyclic amines) is 1. The first-order valence-corrected chi connectivity index (χ1v) is 11.4. The molecule has 10 nitrogen and oxygen atoms in total. The fraction of sp³-hybridized carbons (Fsp3) is 0.375. The molecule has 3 aromatic rings. The fourth-order valence-corrected chi connectivity index (χ4v) is 4.26. The van der Waals surface area contributed by atoms with Crippen molar-refractivity contribution in [2.24, 2.45) is 5.73 Å². The number of nitrogens with zero attached hydrogens (tertiary/aromatic N) is 5. The molecule has 2 aromatic heterocycles. The summed E-state index contributed by atoms with van der Waals surface area (Å²) >= 11 is 0. The van der Waals surface area contributed by atoms with Crippen LogP contribution in [0.3, 0.4) is 0 Å². The maximum absolute atomic E-state index is 11.4. The molecule has 1 saturated heterocycles. The molecule has 178 valence electrons. The van der Waals surface area contributed by atoms with Crippen LogP contribution in [0.4, 0.5) is 16.4 Å². The molecule has 3 heterocycles. The standard InChI is InChI=1S/C24H29N7O3/c1-16-13-26-23(29-21(16)7-6-17-4-2-3-5-18(17)12-22(25)32)28-19-14-27-31(15-19)20-8-10-30(11-9-20)24(33)34/h2-5,13-15,20H,6-12H2,1H3,(H2,25,32)(H,33,34)(H,26,28,29). The lowest BCUT2D eigenvalue weighted by molar-refractivity contribution is -0.117. The van der Waals surface area contributed by atoms with Gasteiger partial charge in [-0.2, -0.15) is 5.10 Å². The summed E-state index contributed by atoms with van der Waals surface area (Å²) in [6.45, 7) is 3.00. The summed E-state index contributed by atoms with van der Waals surface area (Å²) in [5.74, 6) is 0.149. The van der Waals surface area contributed by atoms with Gasteiger partial charge < -0.3 is 21.1 Å². The van der Waals surface area contributed by atoms with Crippen LogP contribution in [0.5, 0.6) is 0 Å². The third-order valence-electron chi connectivity index (χ3n) is 6.16. The first-order valence-electron chi connectivity index (χ1n) is 11.4. The number of hydrogen-bond acceptors (Lipinski definition) is 6. The Morgan fingerprint density at radius 1 is 1.15 bits per heavy atom. The Hall–Kier alpha value is -3.95. The number of aryl methyl sites for hydroxylation is 3. The smallest absolute Gasteiger partial charge is 0.407 e. The van der Waals surface area contributed by atoms with E-state index in [2.05, 4.69) is 15.4 Å². The molecule has 0 saturated carbocycles. The summed E-state index contributed by atoms with van der Waals surface area (Å²) in [4.78, 5) is 33.0. The number of carbonyl (C=O) groups excluding carboxylic acids is 1. The van der Waals surface area contributed by atoms with E-state index in [9.17, 15) is 9.59 Å². The Balaban J connectivity index is 1.40. The van der Waals surface area contributed by atoms with Crippen LogP contribution in [-0.4, -0.2) is 54.8 Å². The number of carboxylic acid groups (broad SMARTS) is 1. The second-order valence-corrected chi connectivity index (χ2v) is 8.57. The lowest BCUT2D eigenvalue weighted by atomic mass is 9.98. The van der Waals surface area contributed by atoms with Crippen LogP contribution in [0.15, 0.2) is 42.9 Å². The molecule has 0 radical (unpaired) electrons. The number of nitrogens with one attached hydrogen (secondary N) is 1. The highest BCUT2D eigenvalue weighted by molar-refractivity contribution is 5.77. The first kappa shape index (κ1) is 23.2. The Kier molecular flexibility index (Phi) is 7.05. The number of hydrogen-bond donors (Lipinski definition) is 3. The molecule has 4 N–H and O–H groups in total. The van der Waals surface area contributed by atoms with Gasteiger partial charge in [0.25, 0.3) is 0 Å². The van der Waals surface area contributed by atoms with Crippen molar-refractivity contribution in [1.29, 1.82) is 0 Å². The molecule has 0 atom stereocenters. The van der Waals surface area contributed by atoms with Gasteiger partial charge in [-0.15, -0.1) is 0 Å². The van der Waals surface area contributed by atoms with Crippen LogP contribution in [0, 0.1) is 6.92 Å². The monoisotopic (exact) mass is 463 g/mol. The van der Waals surface area contributed by atoms with Gasteiger partial charge in [-0.1, -0.05) is 24.3 Å². The van der Waals surface area contributed by atoms with E-state index in [0.717, 1.165) is 47.3 Å². The number of rotatable bonds is 8. The van der Waals surface area contributed by atoms with E-state index in [-0.39, 0.29) is 18.4 Å². The van der Waals surface area contributed by atoms with Gasteiger partial charge in [-0.3, -0.25) is 9.48 Å². The third kappa shape index (κ3) is 5.69. The molecule has 1 fully saturated rings. The Labute approximate surface area is 197 Å². The summed E-state index contributed by atoms with van der Waals surface area (Å²) < 4.78 is 1.88. The molecule has 10 heteroatoms. The predicted molar refractivity (Wildman–Crippen MR) is 127 cm³/mol. The van der Waals surface area contributed by atoms with Gasteiger partial charge in [0.15, 0.2) is 0 Å². The van der Waals surface area contributed by atoms with Crippen LogP contribution >= 0.6 is 0 Å². The van der Waals surface area contributed by atoms with E-state index >= 15 is 0 Å². The van der Waals surface area contributed by atoms with Gasteiger partial charge >= 0.3 is 6.09 Å². The Morgan fingerprint density at radius 2 is 1.88 bits per heavy atom. The summed E-state index contributed by atoms with van der Waals surface area (Å²) in [7, 11) is 0. The van der Waals surface area contributed by atoms with Crippen LogP contribution in [0.25, 0.3) is 0 Å². The van der Waals surface area contributed by atoms with Crippen molar-refractivity contribution >= 4 is 23.6 Å². The quantitative estimate of drug-likeness (QED) is 0.467. The Morgan fingerprint density at radius 3 is 2.59 bits per heavy atom. The SMILES string of the molecule is Cc1cnc(Nc2cnn(C3CCN(C(=O)O)CC3)c2)nc1CCc1ccccc1CC(N)=O. The maximum atomic E-state index is 11.4. The highest BCUT2D eigenvalue weighted by Crippen LogP contribution is 2.24. The van der Waals surface area contributed by atoms with Crippen LogP contribution < -0.4 is 11.1 Å². The van der Waals surface area contributed by atoms with Crippen molar-refractivity contribution in [3.63, 3.8) is 0 Å². The molecule has 1 aliphatic heterocycles. The molecule has 0 aliphatic carbocycles. The van der Waals surface area contributed by atoms with Crippen molar-refractivity contribution in [1.82, 2.24) is 24.6 Å². The van der Waals surface area contributed by atoms with Gasteiger partial charge in [0, 0.05) is 31.2 Å². The Bertz CT molecular complexity index is 1170. The molecule has 4 rings (SSSR count). The molecule has 0 spiro atoms. The zero-order valence-corrected chi connectivity index (χ0v) is 19.1. The molecule has 1 aromatic carbocycles. The second kappa shape index (κ2) is 10.3. The number of amides is 2. The highest BCUT2D eigenvalue weighted by atomic mass is 16.4. The molecule has 0 bridgehead atoms. The van der Waals surface area contributed by atoms with Gasteiger partial charge in [-0.05, 0) is 49.3 Å². The average molecular weight is 464 g/mol. The number of nitrogens with two attached hydrogens (primary N) is 1. The van der Waals surface area contributed by atoms with Crippen molar-refractivity contribution in [2.75, 3.05) is 18.4 Å². The van der Waals surface area contributed by atoms with Gasteiger partial charge in [0.2, 0.25) is 11.9 Å². The molecule has 2 amide bonds. The zero-order valence-electron chi connectivity index (χ0n) is 19.1. The molecular weight excluding hydrogens is 434 g/mol. The predicted octanol–water partition coefficient (Wildman–Crippen LogP) is 2.85. The van der Waals surface area contributed by atoms with E-state index in [1.54, 1.807) is 12.4 Å². The zero-order chi connectivity index (χ0) is 24.1. The van der Waals surface area contributed by atoms with Crippen LogP contribution in [0.1, 0.15) is 41.3 Å². The van der Waals surface area contributed by atoms with Gasteiger partial charge in [-0.25, -0.2) is 14.8 Å². The van der Waals surface area contributed by atoms with Crippen molar-refractivity contribution in [2.45, 2.75) is 45.1 Å². The van der Waals surface area contributed by atoms with Crippen molar-refractivity contribution in [3.05, 3.63) is 65.2 Å². The number of anilines is 2. The van der Waals surface area contributed by atoms with Gasteiger partial charge in [0.05, 0.1) is 24.3 Å². The number of primary amides is 1. The maximum Gasteiger partial charge on any atom is 0.407 e. The lowest BCUT2D eigenvalue weighted by Crippen LogP contribution is -2.38. The van der Waals surface area contributed by atoms with Crippen molar-refractivity contribution < 1.29 is 14.7 Å². The van der Waals surface area contributed by atoms with E-state index in [0.29, 0.717) is 25.5 Å². The number of carbonyl (C=O) groups is 2. The molecular formula is C24H29N7O3.